The summed E-state index contributed by atoms with van der Waals surface area (Å²) >= 11 is 0. The van der Waals surface area contributed by atoms with Crippen LogP contribution in [-0.4, -0.2) is 34.7 Å². The average molecular weight is 399 g/mol. The van der Waals surface area contributed by atoms with Gasteiger partial charge in [-0.3, -0.25) is 4.98 Å². The Kier molecular flexibility index (Phi) is 5.17. The number of fused-ring (bicyclic) bond motifs is 1. The predicted octanol–water partition coefficient (Wildman–Crippen LogP) is 5.13. The van der Waals surface area contributed by atoms with Crippen molar-refractivity contribution >= 4 is 11.7 Å². The van der Waals surface area contributed by atoms with Gasteiger partial charge in [-0.15, -0.1) is 0 Å². The molecule has 2 aromatic rings. The van der Waals surface area contributed by atoms with E-state index in [2.05, 4.69) is 29.3 Å². The molecule has 0 saturated heterocycles. The number of allylic oxidation sites excluding steroid dienone is 2. The monoisotopic (exact) mass is 399 g/mol. The van der Waals surface area contributed by atoms with Crippen LogP contribution in [0.1, 0.15) is 44.0 Å². The van der Waals surface area contributed by atoms with E-state index in [1.807, 2.05) is 45.2 Å². The Balaban J connectivity index is 1.55. The highest BCUT2D eigenvalue weighted by Gasteiger charge is 2.26. The molecule has 5 nitrogen and oxygen atoms in total. The summed E-state index contributed by atoms with van der Waals surface area (Å²) in [6.07, 6.45) is 7.57. The second-order valence-corrected chi connectivity index (χ2v) is 8.64. The third-order valence-electron chi connectivity index (χ3n) is 5.29. The Bertz CT molecular complexity index is 1100. The maximum Gasteiger partial charge on any atom is 0.410 e. The van der Waals surface area contributed by atoms with Crippen LogP contribution >= 0.6 is 0 Å². The van der Waals surface area contributed by atoms with Crippen LogP contribution < -0.4 is 0 Å². The van der Waals surface area contributed by atoms with Crippen molar-refractivity contribution in [3.05, 3.63) is 71.1 Å². The van der Waals surface area contributed by atoms with Gasteiger partial charge in [-0.05, 0) is 62.1 Å². The minimum atomic E-state index is -0.487. The van der Waals surface area contributed by atoms with Crippen molar-refractivity contribution in [1.82, 2.24) is 9.88 Å². The van der Waals surface area contributed by atoms with Crippen LogP contribution in [0.4, 0.5) is 4.79 Å². The van der Waals surface area contributed by atoms with Gasteiger partial charge in [0.05, 0.1) is 17.3 Å². The molecule has 1 aromatic heterocycles. The Morgan fingerprint density at radius 1 is 1.20 bits per heavy atom. The molecule has 4 rings (SSSR count). The molecule has 2 heterocycles. The van der Waals surface area contributed by atoms with E-state index in [9.17, 15) is 10.1 Å². The number of carbonyl (C=O) groups is 1. The fraction of sp³-hybridized carbons (Fsp3) is 0.320. The summed E-state index contributed by atoms with van der Waals surface area (Å²) in [5.41, 5.74) is 6.82. The van der Waals surface area contributed by atoms with Crippen LogP contribution in [0.2, 0.25) is 0 Å². The lowest BCUT2D eigenvalue weighted by Gasteiger charge is -2.30. The quantitative estimate of drug-likeness (QED) is 0.702. The molecule has 0 unspecified atom stereocenters. The van der Waals surface area contributed by atoms with Crippen LogP contribution in [0.15, 0.2) is 54.3 Å². The maximum atomic E-state index is 12.3. The van der Waals surface area contributed by atoms with E-state index < -0.39 is 5.60 Å². The second kappa shape index (κ2) is 7.79. The minimum absolute atomic E-state index is 0.264. The van der Waals surface area contributed by atoms with E-state index in [4.69, 9.17) is 4.74 Å². The van der Waals surface area contributed by atoms with Crippen molar-refractivity contribution < 1.29 is 9.53 Å². The fourth-order valence-corrected chi connectivity index (χ4v) is 3.83. The van der Waals surface area contributed by atoms with Gasteiger partial charge in [-0.25, -0.2) is 4.79 Å². The van der Waals surface area contributed by atoms with Crippen LogP contribution in [-0.2, 0) is 11.2 Å². The number of ether oxygens (including phenoxy) is 1. The summed E-state index contributed by atoms with van der Waals surface area (Å²) in [6, 6.07) is 11.9. The number of carbonyl (C=O) groups excluding carboxylic acids is 1. The van der Waals surface area contributed by atoms with Gasteiger partial charge >= 0.3 is 6.09 Å². The van der Waals surface area contributed by atoms with E-state index >= 15 is 0 Å². The molecule has 0 fully saturated rings. The molecular weight excluding hydrogens is 374 g/mol. The number of hydrogen-bond acceptors (Lipinski definition) is 4. The van der Waals surface area contributed by atoms with Crippen molar-refractivity contribution in [2.45, 2.75) is 39.2 Å². The third kappa shape index (κ3) is 4.13. The van der Waals surface area contributed by atoms with Crippen molar-refractivity contribution in [3.8, 4) is 17.2 Å². The van der Waals surface area contributed by atoms with E-state index in [1.165, 1.54) is 11.1 Å². The molecule has 0 bridgehead atoms. The van der Waals surface area contributed by atoms with Gasteiger partial charge < -0.3 is 9.64 Å². The van der Waals surface area contributed by atoms with Crippen molar-refractivity contribution in [2.24, 2.45) is 0 Å². The number of rotatable bonds is 2. The largest absolute Gasteiger partial charge is 0.444 e. The third-order valence-corrected chi connectivity index (χ3v) is 5.29. The normalized spacial score (nSPS) is 15.7. The fourth-order valence-electron chi connectivity index (χ4n) is 3.83. The summed E-state index contributed by atoms with van der Waals surface area (Å²) < 4.78 is 5.49. The number of hydrogen-bond donors (Lipinski definition) is 0. The van der Waals surface area contributed by atoms with Gasteiger partial charge in [0, 0.05) is 36.8 Å². The summed E-state index contributed by atoms with van der Waals surface area (Å²) in [6.45, 7) is 6.84. The number of nitriles is 1. The zero-order valence-corrected chi connectivity index (χ0v) is 17.6. The Morgan fingerprint density at radius 2 is 2.03 bits per heavy atom. The summed E-state index contributed by atoms with van der Waals surface area (Å²) in [4.78, 5) is 18.7. The number of pyridine rings is 1. The Morgan fingerprint density at radius 3 is 2.73 bits per heavy atom. The molecule has 1 aliphatic carbocycles. The smallest absolute Gasteiger partial charge is 0.410 e. The molecule has 0 atom stereocenters. The molecule has 30 heavy (non-hydrogen) atoms. The first-order valence-electron chi connectivity index (χ1n) is 10.2. The summed E-state index contributed by atoms with van der Waals surface area (Å²) in [5, 5.41) is 9.18. The van der Waals surface area contributed by atoms with Gasteiger partial charge in [0.15, 0.2) is 0 Å². The van der Waals surface area contributed by atoms with Crippen LogP contribution in [0, 0.1) is 11.3 Å². The summed E-state index contributed by atoms with van der Waals surface area (Å²) in [7, 11) is 0. The van der Waals surface area contributed by atoms with E-state index in [0.29, 0.717) is 18.7 Å². The average Bonchev–Trinajstić information content (AvgIpc) is 3.16. The zero-order valence-electron chi connectivity index (χ0n) is 17.6. The van der Waals surface area contributed by atoms with Crippen LogP contribution in [0.3, 0.4) is 0 Å². The maximum absolute atomic E-state index is 12.3. The number of nitrogens with zero attached hydrogens (tertiary/aromatic N) is 3. The topological polar surface area (TPSA) is 66.2 Å². The first-order chi connectivity index (χ1) is 14.3. The first kappa shape index (κ1) is 19.9. The van der Waals surface area contributed by atoms with E-state index in [0.717, 1.165) is 35.2 Å². The van der Waals surface area contributed by atoms with Gasteiger partial charge in [0.2, 0.25) is 0 Å². The molecule has 2 aliphatic rings. The lowest BCUT2D eigenvalue weighted by atomic mass is 9.94. The van der Waals surface area contributed by atoms with Crippen LogP contribution in [0.25, 0.3) is 16.7 Å². The number of aromatic nitrogens is 1. The van der Waals surface area contributed by atoms with Crippen molar-refractivity contribution in [2.75, 3.05) is 13.1 Å². The molecule has 152 valence electrons. The highest BCUT2D eigenvalue weighted by Crippen LogP contribution is 2.36. The first-order valence-corrected chi connectivity index (χ1v) is 10.2. The molecule has 0 spiro atoms. The lowest BCUT2D eigenvalue weighted by Crippen LogP contribution is -2.39. The molecule has 0 radical (unpaired) electrons. The molecule has 0 N–H and O–H groups in total. The molecular formula is C25H25N3O2. The highest BCUT2D eigenvalue weighted by molar-refractivity contribution is 5.86. The SMILES string of the molecule is CC(C)(C)OC(=O)N1CC=C(C2=CCc3ncc(-c4cccc(C#N)c4)cc32)CC1. The minimum Gasteiger partial charge on any atom is -0.444 e. The predicted molar refractivity (Wildman–Crippen MR) is 117 cm³/mol. The zero-order chi connectivity index (χ0) is 21.3. The molecule has 1 aliphatic heterocycles. The number of benzene rings is 1. The Labute approximate surface area is 177 Å². The van der Waals surface area contributed by atoms with E-state index in [1.54, 1.807) is 11.0 Å². The van der Waals surface area contributed by atoms with Crippen LogP contribution in [0.5, 0.6) is 0 Å². The molecule has 0 saturated carbocycles. The second-order valence-electron chi connectivity index (χ2n) is 8.64. The Hall–Kier alpha value is -3.39. The molecule has 1 aromatic carbocycles. The summed E-state index contributed by atoms with van der Waals surface area (Å²) in [5.74, 6) is 0. The number of amides is 1. The molecule has 5 heteroatoms. The van der Waals surface area contributed by atoms with Gasteiger partial charge in [0.1, 0.15) is 5.60 Å². The van der Waals surface area contributed by atoms with Gasteiger partial charge in [0.25, 0.3) is 0 Å². The lowest BCUT2D eigenvalue weighted by molar-refractivity contribution is 0.0267. The van der Waals surface area contributed by atoms with E-state index in [-0.39, 0.29) is 6.09 Å². The highest BCUT2D eigenvalue weighted by atomic mass is 16.6. The van der Waals surface area contributed by atoms with Crippen molar-refractivity contribution in [1.29, 1.82) is 5.26 Å². The van der Waals surface area contributed by atoms with Gasteiger partial charge in [-0.2, -0.15) is 5.26 Å². The van der Waals surface area contributed by atoms with Crippen molar-refractivity contribution in [3.63, 3.8) is 0 Å². The van der Waals surface area contributed by atoms with Gasteiger partial charge in [-0.1, -0.05) is 24.3 Å². The standard InChI is InChI=1S/C25H25N3O2/c1-25(2,3)30-24(29)28-11-9-18(10-12-28)21-7-8-23-22(21)14-20(16-27-23)19-6-4-5-17(13-19)15-26/h4-7,9,13-14,16H,8,10-12H2,1-3H3. The molecule has 1 amide bonds.